The van der Waals surface area contributed by atoms with Crippen LogP contribution in [0.2, 0.25) is 0 Å². The number of hydrogen-bond donors (Lipinski definition) is 0. The van der Waals surface area contributed by atoms with E-state index in [1.807, 2.05) is 76.2 Å². The molecule has 0 bridgehead atoms. The van der Waals surface area contributed by atoms with Gasteiger partial charge in [0.05, 0.1) is 0 Å². The number of amides is 1. The van der Waals surface area contributed by atoms with Crippen molar-refractivity contribution in [2.75, 3.05) is 7.05 Å². The Hall–Kier alpha value is -2.31. The standard InChI is InChI=1S/C26H30N2O3SSe/c1-19(27-32(30)26(2,3)4)24-15-22(18-33-24)23-14-10-9-13-21(23)16-28(5)25(29)31-17-20-11-7-6-8-12-20/h6-15,18H,16-17H2,1-5H3/b27-19+/t32-/m1/s1. The minimum absolute atomic E-state index is 0.124. The van der Waals surface area contributed by atoms with Crippen LogP contribution in [-0.4, -0.2) is 47.6 Å². The zero-order valence-corrected chi connectivity index (χ0v) is 22.2. The van der Waals surface area contributed by atoms with E-state index in [0.717, 1.165) is 32.4 Å². The van der Waals surface area contributed by atoms with E-state index in [1.165, 1.54) is 0 Å². The van der Waals surface area contributed by atoms with Gasteiger partial charge in [0, 0.05) is 0 Å². The Labute approximate surface area is 205 Å². The normalized spacial score (nSPS) is 13.0. The molecule has 0 radical (unpaired) electrons. The molecule has 0 saturated heterocycles. The first-order chi connectivity index (χ1) is 15.6. The first-order valence-electron chi connectivity index (χ1n) is 10.7. The van der Waals surface area contributed by atoms with E-state index in [4.69, 9.17) is 4.74 Å². The molecule has 1 aromatic heterocycles. The van der Waals surface area contributed by atoms with Crippen molar-refractivity contribution in [1.29, 1.82) is 0 Å². The van der Waals surface area contributed by atoms with Gasteiger partial charge >= 0.3 is 200 Å². The average Bonchev–Trinajstić information content (AvgIpc) is 3.28. The van der Waals surface area contributed by atoms with Crippen LogP contribution in [-0.2, 0) is 29.3 Å². The van der Waals surface area contributed by atoms with Gasteiger partial charge in [-0.05, 0) is 0 Å². The Bertz CT molecular complexity index is 1110. The molecule has 1 heterocycles. The molecule has 1 amide bonds. The molecular weight excluding hydrogens is 499 g/mol. The molecule has 33 heavy (non-hydrogen) atoms. The van der Waals surface area contributed by atoms with E-state index in [9.17, 15) is 9.35 Å². The van der Waals surface area contributed by atoms with Gasteiger partial charge in [-0.3, -0.25) is 0 Å². The molecule has 0 spiro atoms. The van der Waals surface area contributed by atoms with E-state index in [-0.39, 0.29) is 32.0 Å². The fraction of sp³-hybridized carbons (Fsp3) is 0.308. The Morgan fingerprint density at radius 2 is 1.79 bits per heavy atom. The first-order valence-corrected chi connectivity index (χ1v) is 13.7. The molecule has 3 rings (SSSR count). The first kappa shape index (κ1) is 25.3. The minimum atomic E-state index is -1.28. The molecule has 0 fully saturated rings. The predicted molar refractivity (Wildman–Crippen MR) is 137 cm³/mol. The summed E-state index contributed by atoms with van der Waals surface area (Å²) in [5.41, 5.74) is 5.03. The number of hydrogen-bond acceptors (Lipinski definition) is 4. The molecule has 174 valence electrons. The summed E-state index contributed by atoms with van der Waals surface area (Å²) < 4.78 is 23.0. The van der Waals surface area contributed by atoms with Crippen LogP contribution in [0.15, 0.2) is 70.0 Å². The Balaban J connectivity index is 1.72. The monoisotopic (exact) mass is 530 g/mol. The predicted octanol–water partition coefficient (Wildman–Crippen LogP) is 5.45. The van der Waals surface area contributed by atoms with Gasteiger partial charge in [-0.15, -0.1) is 0 Å². The van der Waals surface area contributed by atoms with E-state index in [1.54, 1.807) is 11.9 Å². The molecule has 0 aliphatic heterocycles. The van der Waals surface area contributed by atoms with Crippen LogP contribution in [0, 0.1) is 0 Å². The summed E-state index contributed by atoms with van der Waals surface area (Å²) in [6.45, 7) is 8.40. The van der Waals surface area contributed by atoms with Crippen molar-refractivity contribution in [1.82, 2.24) is 4.90 Å². The maximum atomic E-state index is 12.5. The summed E-state index contributed by atoms with van der Waals surface area (Å²) in [6, 6.07) is 19.9. The molecule has 0 aliphatic carbocycles. The molecule has 0 N–H and O–H groups in total. The Morgan fingerprint density at radius 3 is 2.48 bits per heavy atom. The third-order valence-corrected chi connectivity index (χ3v) is 8.62. The molecule has 0 unspecified atom stereocenters. The quantitative estimate of drug-likeness (QED) is 0.232. The van der Waals surface area contributed by atoms with Gasteiger partial charge in [0.1, 0.15) is 0 Å². The molecule has 2 aromatic carbocycles. The Kier molecular flexibility index (Phi) is 8.60. The van der Waals surface area contributed by atoms with Crippen LogP contribution in [0.25, 0.3) is 11.1 Å². The summed E-state index contributed by atoms with van der Waals surface area (Å²) in [4.78, 5) is 16.3. The van der Waals surface area contributed by atoms with Gasteiger partial charge in [0.2, 0.25) is 0 Å². The van der Waals surface area contributed by atoms with Crippen molar-refractivity contribution in [2.45, 2.75) is 45.6 Å². The van der Waals surface area contributed by atoms with Gasteiger partial charge in [0.15, 0.2) is 0 Å². The van der Waals surface area contributed by atoms with Crippen LogP contribution in [0.4, 0.5) is 4.79 Å². The fourth-order valence-corrected chi connectivity index (χ4v) is 5.62. The van der Waals surface area contributed by atoms with Crippen molar-refractivity contribution in [2.24, 2.45) is 4.40 Å². The van der Waals surface area contributed by atoms with Crippen LogP contribution in [0.1, 0.15) is 43.3 Å². The summed E-state index contributed by atoms with van der Waals surface area (Å²) in [6.07, 6.45) is -0.359. The SMILES string of the molecule is C/C(=N\[S@+]([O-])C(C)(C)C)c1cc(-c2ccccc2CN(C)C(=O)OCc2ccccc2)c[se]1. The summed E-state index contributed by atoms with van der Waals surface area (Å²) in [5, 5.41) is 0. The van der Waals surface area contributed by atoms with Crippen LogP contribution in [0.3, 0.4) is 0 Å². The zero-order valence-electron chi connectivity index (χ0n) is 19.7. The topological polar surface area (TPSA) is 65.0 Å². The second-order valence-electron chi connectivity index (χ2n) is 8.79. The molecule has 0 saturated carbocycles. The van der Waals surface area contributed by atoms with Crippen LogP contribution in [0.5, 0.6) is 0 Å². The molecule has 7 heteroatoms. The second-order valence-corrected chi connectivity index (χ2v) is 12.6. The molecule has 1 atom stereocenters. The third-order valence-electron chi connectivity index (χ3n) is 4.95. The van der Waals surface area contributed by atoms with Crippen LogP contribution >= 0.6 is 0 Å². The van der Waals surface area contributed by atoms with Gasteiger partial charge in [0.25, 0.3) is 0 Å². The summed E-state index contributed by atoms with van der Waals surface area (Å²) >= 11 is -1.15. The summed E-state index contributed by atoms with van der Waals surface area (Å²) in [5.74, 6) is 0. The van der Waals surface area contributed by atoms with Crippen molar-refractivity contribution >= 4 is 37.7 Å². The molecule has 3 aromatic rings. The van der Waals surface area contributed by atoms with Gasteiger partial charge in [-0.25, -0.2) is 0 Å². The molecular formula is C26H30N2O3SSe. The number of carbonyl (C=O) groups excluding carboxylic acids is 1. The second kappa shape index (κ2) is 11.2. The van der Waals surface area contributed by atoms with E-state index >= 15 is 0 Å². The Morgan fingerprint density at radius 1 is 1.12 bits per heavy atom. The molecule has 0 aliphatic rings. The number of benzene rings is 2. The zero-order chi connectivity index (χ0) is 24.0. The van der Waals surface area contributed by atoms with Crippen molar-refractivity contribution < 1.29 is 14.1 Å². The van der Waals surface area contributed by atoms with E-state index < -0.39 is 11.4 Å². The van der Waals surface area contributed by atoms with Gasteiger partial charge in [-0.2, -0.15) is 0 Å². The van der Waals surface area contributed by atoms with Gasteiger partial charge in [-0.1, -0.05) is 6.07 Å². The van der Waals surface area contributed by atoms with Crippen molar-refractivity contribution in [3.05, 3.63) is 81.2 Å². The van der Waals surface area contributed by atoms with Crippen LogP contribution < -0.4 is 0 Å². The summed E-state index contributed by atoms with van der Waals surface area (Å²) in [7, 11) is 1.75. The third kappa shape index (κ3) is 7.08. The number of rotatable bonds is 7. The van der Waals surface area contributed by atoms with E-state index in [2.05, 4.69) is 21.5 Å². The van der Waals surface area contributed by atoms with Gasteiger partial charge < -0.3 is 0 Å². The molecule has 5 nitrogen and oxygen atoms in total. The fourth-order valence-electron chi connectivity index (χ4n) is 3.06. The number of ether oxygens (including phenoxy) is 1. The number of carbonyl (C=O) groups is 1. The number of nitrogens with zero attached hydrogens (tertiary/aromatic N) is 2. The average molecular weight is 530 g/mol. The van der Waals surface area contributed by atoms with E-state index in [0.29, 0.717) is 6.54 Å². The maximum absolute atomic E-state index is 12.5. The van der Waals surface area contributed by atoms with Crippen molar-refractivity contribution in [3.63, 3.8) is 0 Å². The van der Waals surface area contributed by atoms with Crippen molar-refractivity contribution in [3.8, 4) is 11.1 Å².